The van der Waals surface area contributed by atoms with Gasteiger partial charge in [0.2, 0.25) is 0 Å². The van der Waals surface area contributed by atoms with E-state index >= 15 is 0 Å². The molecule has 0 spiro atoms. The quantitative estimate of drug-likeness (QED) is 0.610. The molecule has 0 unspecified atom stereocenters. The molecule has 0 amide bonds. The molecule has 2 atom stereocenters. The summed E-state index contributed by atoms with van der Waals surface area (Å²) in [5.41, 5.74) is 4.10. The molecule has 6 heteroatoms. The number of aromatic nitrogens is 1. The molecule has 1 aromatic heterocycles. The maximum atomic E-state index is 11.8. The number of carbonyl (C=O) groups is 1. The Balaban J connectivity index is 0.00000256. The van der Waals surface area contributed by atoms with Crippen molar-refractivity contribution in [3.63, 3.8) is 0 Å². The van der Waals surface area contributed by atoms with Crippen LogP contribution in [-0.2, 0) is 17.8 Å². The van der Waals surface area contributed by atoms with Gasteiger partial charge in [0.15, 0.2) is 0 Å². The summed E-state index contributed by atoms with van der Waals surface area (Å²) >= 11 is 0. The van der Waals surface area contributed by atoms with E-state index in [9.17, 15) is 4.79 Å². The van der Waals surface area contributed by atoms with Crippen molar-refractivity contribution in [1.29, 1.82) is 0 Å². The molecule has 1 aliphatic heterocycles. The third-order valence-corrected chi connectivity index (χ3v) is 5.88. The Hall–Kier alpha value is -2.34. The second-order valence-corrected chi connectivity index (χ2v) is 8.15. The molecule has 160 valence electrons. The first-order chi connectivity index (χ1) is 14.0. The molecule has 1 fully saturated rings. The Bertz CT molecular complexity index is 977. The van der Waals surface area contributed by atoms with Gasteiger partial charge in [0.25, 0.3) is 0 Å². The van der Waals surface area contributed by atoms with Gasteiger partial charge in [-0.25, -0.2) is 4.79 Å². The lowest BCUT2D eigenvalue weighted by molar-refractivity contribution is 0.0290. The van der Waals surface area contributed by atoms with Crippen LogP contribution in [-0.4, -0.2) is 53.0 Å². The normalized spacial score (nSPS) is 20.1. The minimum Gasteiger partial charge on any atom is -0.464 e. The monoisotopic (exact) mass is 427 g/mol. The molecule has 2 heterocycles. The topological polar surface area (TPSA) is 48.6 Å². The first-order valence-electron chi connectivity index (χ1n) is 10.3. The zero-order valence-corrected chi connectivity index (χ0v) is 18.6. The third kappa shape index (κ3) is 4.86. The van der Waals surface area contributed by atoms with Crippen LogP contribution >= 0.6 is 12.4 Å². The molecule has 0 aliphatic carbocycles. The molecular formula is C24H30ClN3O2. The zero-order valence-electron chi connectivity index (χ0n) is 17.8. The van der Waals surface area contributed by atoms with Gasteiger partial charge < -0.3 is 9.72 Å². The predicted octanol–water partition coefficient (Wildman–Crippen LogP) is 4.47. The van der Waals surface area contributed by atoms with Crippen molar-refractivity contribution in [2.45, 2.75) is 39.0 Å². The number of fused-ring (bicyclic) bond motifs is 1. The Morgan fingerprint density at radius 1 is 1.00 bits per heavy atom. The number of aromatic amines is 1. The summed E-state index contributed by atoms with van der Waals surface area (Å²) in [6, 6.07) is 19.9. The standard InChI is InChI=1S/C24H29N3O2.ClH/c1-17-13-26(14-18(2)27(17)16-19-7-5-4-6-8-19)15-20-9-10-21-12-23(24(28)29-3)25-22(21)11-20;/h4-12,17-18,25H,13-16H2,1-3H3;1H/t17-,18+;. The Morgan fingerprint density at radius 3 is 2.37 bits per heavy atom. The van der Waals surface area contributed by atoms with Crippen LogP contribution in [0.3, 0.4) is 0 Å². The number of nitrogens with zero attached hydrogens (tertiary/aromatic N) is 2. The molecule has 3 aromatic rings. The fraction of sp³-hybridized carbons (Fsp3) is 0.375. The number of methoxy groups -OCH3 is 1. The van der Waals surface area contributed by atoms with E-state index < -0.39 is 0 Å². The van der Waals surface area contributed by atoms with Gasteiger partial charge in [-0.3, -0.25) is 9.80 Å². The van der Waals surface area contributed by atoms with Crippen LogP contribution in [0, 0.1) is 0 Å². The van der Waals surface area contributed by atoms with Crippen LogP contribution in [0.5, 0.6) is 0 Å². The fourth-order valence-corrected chi connectivity index (χ4v) is 4.45. The van der Waals surface area contributed by atoms with Crippen molar-refractivity contribution in [3.8, 4) is 0 Å². The molecule has 1 N–H and O–H groups in total. The van der Waals surface area contributed by atoms with E-state index in [0.717, 1.165) is 37.1 Å². The number of ether oxygens (including phenoxy) is 1. The highest BCUT2D eigenvalue weighted by Crippen LogP contribution is 2.23. The summed E-state index contributed by atoms with van der Waals surface area (Å²) < 4.78 is 4.81. The molecule has 0 bridgehead atoms. The minimum absolute atomic E-state index is 0. The highest BCUT2D eigenvalue weighted by atomic mass is 35.5. The van der Waals surface area contributed by atoms with E-state index in [-0.39, 0.29) is 18.4 Å². The molecule has 0 saturated carbocycles. The van der Waals surface area contributed by atoms with Crippen LogP contribution in [0.2, 0.25) is 0 Å². The highest BCUT2D eigenvalue weighted by molar-refractivity contribution is 5.94. The summed E-state index contributed by atoms with van der Waals surface area (Å²) in [5.74, 6) is -0.333. The van der Waals surface area contributed by atoms with E-state index in [2.05, 4.69) is 77.2 Å². The van der Waals surface area contributed by atoms with Gasteiger partial charge >= 0.3 is 5.97 Å². The smallest absolute Gasteiger partial charge is 0.354 e. The van der Waals surface area contributed by atoms with E-state index in [1.165, 1.54) is 18.2 Å². The SMILES string of the molecule is COC(=O)c1cc2ccc(CN3C[C@@H](C)N(Cc4ccccc4)[C@@H](C)C3)cc2[nH]1.Cl. The van der Waals surface area contributed by atoms with E-state index in [0.29, 0.717) is 17.8 Å². The van der Waals surface area contributed by atoms with Gasteiger partial charge in [0, 0.05) is 49.2 Å². The number of hydrogen-bond acceptors (Lipinski definition) is 4. The van der Waals surface area contributed by atoms with Gasteiger partial charge in [0.05, 0.1) is 7.11 Å². The van der Waals surface area contributed by atoms with Gasteiger partial charge in [-0.2, -0.15) is 0 Å². The van der Waals surface area contributed by atoms with Gasteiger partial charge in [0.1, 0.15) is 5.69 Å². The number of carbonyl (C=O) groups excluding carboxylic acids is 1. The van der Waals surface area contributed by atoms with Crippen LogP contribution in [0.15, 0.2) is 54.6 Å². The second-order valence-electron chi connectivity index (χ2n) is 8.15. The molecule has 30 heavy (non-hydrogen) atoms. The van der Waals surface area contributed by atoms with Gasteiger partial charge in [-0.1, -0.05) is 42.5 Å². The fourth-order valence-electron chi connectivity index (χ4n) is 4.45. The van der Waals surface area contributed by atoms with Crippen LogP contribution in [0.4, 0.5) is 0 Å². The lowest BCUT2D eigenvalue weighted by atomic mass is 10.0. The summed E-state index contributed by atoms with van der Waals surface area (Å²) in [6.45, 7) is 8.66. The number of rotatable bonds is 5. The van der Waals surface area contributed by atoms with Crippen molar-refractivity contribution in [1.82, 2.24) is 14.8 Å². The van der Waals surface area contributed by atoms with Crippen LogP contribution in [0.25, 0.3) is 10.9 Å². The number of H-pyrrole nitrogens is 1. The van der Waals surface area contributed by atoms with Crippen molar-refractivity contribution in [3.05, 3.63) is 71.4 Å². The Labute approximate surface area is 184 Å². The summed E-state index contributed by atoms with van der Waals surface area (Å²) in [7, 11) is 1.40. The number of halogens is 1. The van der Waals surface area contributed by atoms with E-state index in [4.69, 9.17) is 4.74 Å². The molecule has 1 saturated heterocycles. The van der Waals surface area contributed by atoms with Crippen LogP contribution in [0.1, 0.15) is 35.5 Å². The average molecular weight is 428 g/mol. The molecule has 2 aromatic carbocycles. The van der Waals surface area contributed by atoms with E-state index in [1.54, 1.807) is 0 Å². The lowest BCUT2D eigenvalue weighted by Crippen LogP contribution is -2.55. The second kappa shape index (κ2) is 9.65. The highest BCUT2D eigenvalue weighted by Gasteiger charge is 2.29. The van der Waals surface area contributed by atoms with Gasteiger partial charge in [-0.15, -0.1) is 12.4 Å². The summed E-state index contributed by atoms with van der Waals surface area (Å²) in [4.78, 5) is 20.1. The molecule has 0 radical (unpaired) electrons. The van der Waals surface area contributed by atoms with Crippen molar-refractivity contribution in [2.75, 3.05) is 20.2 Å². The maximum absolute atomic E-state index is 11.8. The van der Waals surface area contributed by atoms with Crippen molar-refractivity contribution in [2.24, 2.45) is 0 Å². The lowest BCUT2D eigenvalue weighted by Gasteiger charge is -2.44. The average Bonchev–Trinajstić information content (AvgIpc) is 3.14. The first kappa shape index (κ1) is 22.3. The Kier molecular flexibility index (Phi) is 7.19. The van der Waals surface area contributed by atoms with Crippen molar-refractivity contribution < 1.29 is 9.53 Å². The molecule has 5 nitrogen and oxygen atoms in total. The molecule has 4 rings (SSSR count). The number of nitrogens with one attached hydrogen (secondary N) is 1. The van der Waals surface area contributed by atoms with E-state index in [1.807, 2.05) is 6.07 Å². The number of benzene rings is 2. The first-order valence-corrected chi connectivity index (χ1v) is 10.3. The minimum atomic E-state index is -0.333. The predicted molar refractivity (Wildman–Crippen MR) is 123 cm³/mol. The molecular weight excluding hydrogens is 398 g/mol. The summed E-state index contributed by atoms with van der Waals surface area (Å²) in [6.07, 6.45) is 0. The van der Waals surface area contributed by atoms with Crippen LogP contribution < -0.4 is 0 Å². The largest absolute Gasteiger partial charge is 0.464 e. The Morgan fingerprint density at radius 2 is 1.70 bits per heavy atom. The third-order valence-electron chi connectivity index (χ3n) is 5.88. The number of piperazine rings is 1. The molecule has 1 aliphatic rings. The number of esters is 1. The summed E-state index contributed by atoms with van der Waals surface area (Å²) in [5, 5.41) is 1.03. The zero-order chi connectivity index (χ0) is 20.4. The number of hydrogen-bond donors (Lipinski definition) is 1. The van der Waals surface area contributed by atoms with Gasteiger partial charge in [-0.05, 0) is 37.1 Å². The van der Waals surface area contributed by atoms with Crippen molar-refractivity contribution >= 4 is 29.3 Å². The maximum Gasteiger partial charge on any atom is 0.354 e.